The van der Waals surface area contributed by atoms with Gasteiger partial charge < -0.3 is 24.1 Å². The largest absolute Gasteiger partial charge is 0.507 e. The Labute approximate surface area is 157 Å². The van der Waals surface area contributed by atoms with E-state index >= 15 is 0 Å². The SMILES string of the molecule is COc1ccc(O)c(/C(C)=N/NC(=O)c2cc(OC)c(OC)c(OC)c2)c1. The zero-order valence-electron chi connectivity index (χ0n) is 15.8. The lowest BCUT2D eigenvalue weighted by Crippen LogP contribution is -2.19. The normalized spacial score (nSPS) is 10.9. The van der Waals surface area contributed by atoms with Crippen LogP contribution in [0.25, 0.3) is 0 Å². The maximum atomic E-state index is 12.5. The Morgan fingerprint density at radius 1 is 0.963 bits per heavy atom. The number of phenolic OH excluding ortho intramolecular Hbond substituents is 1. The van der Waals surface area contributed by atoms with Crippen molar-refractivity contribution >= 4 is 11.6 Å². The molecule has 27 heavy (non-hydrogen) atoms. The highest BCUT2D eigenvalue weighted by Crippen LogP contribution is 2.38. The highest BCUT2D eigenvalue weighted by molar-refractivity contribution is 6.03. The standard InChI is InChI=1S/C19H22N2O6/c1-11(14-10-13(24-2)6-7-15(14)22)20-21-19(23)12-8-16(25-3)18(27-5)17(9-12)26-4/h6-10,22H,1-5H3,(H,21,23)/b20-11+. The van der Waals surface area contributed by atoms with E-state index in [1.807, 2.05) is 0 Å². The number of aromatic hydroxyl groups is 1. The lowest BCUT2D eigenvalue weighted by molar-refractivity contribution is 0.0954. The number of amides is 1. The van der Waals surface area contributed by atoms with Gasteiger partial charge in [0.15, 0.2) is 11.5 Å². The van der Waals surface area contributed by atoms with E-state index in [-0.39, 0.29) is 11.3 Å². The Kier molecular flexibility index (Phi) is 6.48. The maximum absolute atomic E-state index is 12.5. The minimum atomic E-state index is -0.476. The van der Waals surface area contributed by atoms with Gasteiger partial charge in [0.05, 0.1) is 34.2 Å². The molecule has 0 radical (unpaired) electrons. The number of hydrogen-bond acceptors (Lipinski definition) is 7. The van der Waals surface area contributed by atoms with Crippen molar-refractivity contribution in [1.82, 2.24) is 5.43 Å². The maximum Gasteiger partial charge on any atom is 0.271 e. The Morgan fingerprint density at radius 2 is 1.59 bits per heavy atom. The molecule has 0 saturated carbocycles. The Bertz CT molecular complexity index is 838. The second-order valence-corrected chi connectivity index (χ2v) is 5.44. The molecule has 2 rings (SSSR count). The predicted molar refractivity (Wildman–Crippen MR) is 100 cm³/mol. The fourth-order valence-electron chi connectivity index (χ4n) is 2.40. The topological polar surface area (TPSA) is 98.6 Å². The summed E-state index contributed by atoms with van der Waals surface area (Å²) in [6, 6.07) is 7.78. The van der Waals surface area contributed by atoms with Crippen molar-refractivity contribution < 1.29 is 28.8 Å². The van der Waals surface area contributed by atoms with Crippen molar-refractivity contribution in [3.05, 3.63) is 41.5 Å². The van der Waals surface area contributed by atoms with Crippen LogP contribution in [0.4, 0.5) is 0 Å². The van der Waals surface area contributed by atoms with Gasteiger partial charge >= 0.3 is 0 Å². The molecule has 0 atom stereocenters. The fourth-order valence-corrected chi connectivity index (χ4v) is 2.40. The highest BCUT2D eigenvalue weighted by atomic mass is 16.5. The van der Waals surface area contributed by atoms with Crippen LogP contribution in [0.1, 0.15) is 22.8 Å². The number of benzene rings is 2. The molecule has 0 aliphatic carbocycles. The predicted octanol–water partition coefficient (Wildman–Crippen LogP) is 2.58. The van der Waals surface area contributed by atoms with Gasteiger partial charge in [-0.1, -0.05) is 0 Å². The van der Waals surface area contributed by atoms with Crippen LogP contribution in [0.3, 0.4) is 0 Å². The van der Waals surface area contributed by atoms with Crippen LogP contribution in [-0.2, 0) is 0 Å². The highest BCUT2D eigenvalue weighted by Gasteiger charge is 2.17. The number of rotatable bonds is 7. The average Bonchev–Trinajstić information content (AvgIpc) is 2.70. The van der Waals surface area contributed by atoms with Gasteiger partial charge in [-0.3, -0.25) is 4.79 Å². The van der Waals surface area contributed by atoms with Crippen molar-refractivity contribution in [1.29, 1.82) is 0 Å². The number of ether oxygens (including phenoxy) is 4. The summed E-state index contributed by atoms with van der Waals surface area (Å²) in [7, 11) is 5.93. The Hall–Kier alpha value is -3.42. The van der Waals surface area contributed by atoms with E-state index in [0.717, 1.165) is 0 Å². The molecule has 0 unspecified atom stereocenters. The van der Waals surface area contributed by atoms with Crippen LogP contribution in [0.15, 0.2) is 35.4 Å². The first-order chi connectivity index (χ1) is 12.9. The first-order valence-electron chi connectivity index (χ1n) is 7.97. The van der Waals surface area contributed by atoms with Gasteiger partial charge in [-0.15, -0.1) is 0 Å². The summed E-state index contributed by atoms with van der Waals surface area (Å²) in [5.74, 6) is 1.21. The minimum absolute atomic E-state index is 0.0269. The van der Waals surface area contributed by atoms with E-state index < -0.39 is 5.91 Å². The summed E-state index contributed by atoms with van der Waals surface area (Å²) in [6.45, 7) is 1.66. The molecular weight excluding hydrogens is 352 g/mol. The molecule has 1 amide bonds. The lowest BCUT2D eigenvalue weighted by atomic mass is 10.1. The van der Waals surface area contributed by atoms with Crippen molar-refractivity contribution in [3.8, 4) is 28.7 Å². The Balaban J connectivity index is 2.28. The molecule has 0 saturated heterocycles. The second-order valence-electron chi connectivity index (χ2n) is 5.44. The molecule has 0 bridgehead atoms. The first-order valence-corrected chi connectivity index (χ1v) is 7.97. The molecule has 0 heterocycles. The van der Waals surface area contributed by atoms with Gasteiger partial charge in [0.1, 0.15) is 11.5 Å². The molecule has 0 spiro atoms. The molecule has 0 aromatic heterocycles. The van der Waals surface area contributed by atoms with E-state index in [9.17, 15) is 9.90 Å². The zero-order valence-corrected chi connectivity index (χ0v) is 15.8. The first kappa shape index (κ1) is 19.9. The van der Waals surface area contributed by atoms with E-state index in [1.165, 1.54) is 46.6 Å². The monoisotopic (exact) mass is 374 g/mol. The number of hydrogen-bond donors (Lipinski definition) is 2. The van der Waals surface area contributed by atoms with E-state index in [4.69, 9.17) is 18.9 Å². The second kappa shape index (κ2) is 8.79. The van der Waals surface area contributed by atoms with Gasteiger partial charge in [-0.2, -0.15) is 5.10 Å². The van der Waals surface area contributed by atoms with Crippen molar-refractivity contribution in [2.45, 2.75) is 6.92 Å². The number of phenols is 1. The van der Waals surface area contributed by atoms with Crippen LogP contribution < -0.4 is 24.4 Å². The smallest absolute Gasteiger partial charge is 0.271 e. The van der Waals surface area contributed by atoms with Crippen LogP contribution in [0.2, 0.25) is 0 Å². The Morgan fingerprint density at radius 3 is 2.11 bits per heavy atom. The molecule has 2 N–H and O–H groups in total. The van der Waals surface area contributed by atoms with Crippen molar-refractivity contribution in [3.63, 3.8) is 0 Å². The zero-order chi connectivity index (χ0) is 20.0. The molecule has 8 heteroatoms. The number of nitrogens with zero attached hydrogens (tertiary/aromatic N) is 1. The quantitative estimate of drug-likeness (QED) is 0.571. The van der Waals surface area contributed by atoms with Crippen LogP contribution in [0, 0.1) is 0 Å². The summed E-state index contributed by atoms with van der Waals surface area (Å²) in [5.41, 5.74) is 3.57. The van der Waals surface area contributed by atoms with Gasteiger partial charge in [0, 0.05) is 11.1 Å². The molecule has 0 aliphatic heterocycles. The number of hydrazone groups is 1. The molecular formula is C19H22N2O6. The molecule has 0 fully saturated rings. The van der Waals surface area contributed by atoms with Gasteiger partial charge in [-0.05, 0) is 37.3 Å². The molecule has 144 valence electrons. The van der Waals surface area contributed by atoms with Crippen molar-refractivity contribution in [2.75, 3.05) is 28.4 Å². The summed E-state index contributed by atoms with van der Waals surface area (Å²) >= 11 is 0. The molecule has 8 nitrogen and oxygen atoms in total. The number of nitrogens with one attached hydrogen (secondary N) is 1. The third-order valence-electron chi connectivity index (χ3n) is 3.85. The molecule has 0 aliphatic rings. The molecule has 2 aromatic rings. The van der Waals surface area contributed by atoms with E-state index in [2.05, 4.69) is 10.5 Å². The van der Waals surface area contributed by atoms with Gasteiger partial charge in [-0.25, -0.2) is 5.43 Å². The van der Waals surface area contributed by atoms with E-state index in [0.29, 0.717) is 34.3 Å². The van der Waals surface area contributed by atoms with Crippen LogP contribution in [0.5, 0.6) is 28.7 Å². The van der Waals surface area contributed by atoms with Crippen molar-refractivity contribution in [2.24, 2.45) is 5.10 Å². The summed E-state index contributed by atoms with van der Waals surface area (Å²) in [6.07, 6.45) is 0. The molecule has 2 aromatic carbocycles. The summed E-state index contributed by atoms with van der Waals surface area (Å²) in [4.78, 5) is 12.5. The van der Waals surface area contributed by atoms with Crippen LogP contribution >= 0.6 is 0 Å². The van der Waals surface area contributed by atoms with Gasteiger partial charge in [0.25, 0.3) is 5.91 Å². The van der Waals surface area contributed by atoms with E-state index in [1.54, 1.807) is 19.1 Å². The third-order valence-corrected chi connectivity index (χ3v) is 3.85. The lowest BCUT2D eigenvalue weighted by Gasteiger charge is -2.13. The minimum Gasteiger partial charge on any atom is -0.507 e. The van der Waals surface area contributed by atoms with Gasteiger partial charge in [0.2, 0.25) is 5.75 Å². The average molecular weight is 374 g/mol. The summed E-state index contributed by atoms with van der Waals surface area (Å²) in [5, 5.41) is 14.0. The summed E-state index contributed by atoms with van der Waals surface area (Å²) < 4.78 is 20.8. The van der Waals surface area contributed by atoms with Crippen LogP contribution in [-0.4, -0.2) is 45.2 Å². The number of carbonyl (C=O) groups excluding carboxylic acids is 1. The number of carbonyl (C=O) groups is 1. The number of methoxy groups -OCH3 is 4. The third kappa shape index (κ3) is 4.41. The fraction of sp³-hybridized carbons (Fsp3) is 0.263.